The van der Waals surface area contributed by atoms with Crippen LogP contribution in [0.1, 0.15) is 33.5 Å². The lowest BCUT2D eigenvalue weighted by molar-refractivity contribution is -0.132. The minimum atomic E-state index is -0.392. The smallest absolute Gasteiger partial charge is 0.254 e. The molecule has 4 rings (SSSR count). The first kappa shape index (κ1) is 25.8. The molecule has 0 unspecified atom stereocenters. The van der Waals surface area contributed by atoms with Gasteiger partial charge in [0.2, 0.25) is 5.91 Å². The van der Waals surface area contributed by atoms with E-state index in [0.717, 1.165) is 17.5 Å². The minimum absolute atomic E-state index is 0.00949. The van der Waals surface area contributed by atoms with Crippen molar-refractivity contribution in [1.82, 2.24) is 9.80 Å². The van der Waals surface area contributed by atoms with Crippen LogP contribution in [0.15, 0.2) is 115 Å². The third-order valence-corrected chi connectivity index (χ3v) is 6.27. The summed E-state index contributed by atoms with van der Waals surface area (Å²) in [6.45, 7) is 1.73. The van der Waals surface area contributed by atoms with Crippen LogP contribution < -0.4 is 0 Å². The van der Waals surface area contributed by atoms with Crippen molar-refractivity contribution in [2.45, 2.75) is 25.9 Å². The van der Waals surface area contributed by atoms with Crippen molar-refractivity contribution in [3.8, 4) is 0 Å². The van der Waals surface area contributed by atoms with Gasteiger partial charge in [-0.05, 0) is 47.4 Å². The number of halogens is 1. The van der Waals surface area contributed by atoms with E-state index in [0.29, 0.717) is 25.2 Å². The molecular formula is C32H31FN2O2. The number of hydrogen-bond acceptors (Lipinski definition) is 2. The van der Waals surface area contributed by atoms with Crippen LogP contribution in [-0.2, 0) is 24.3 Å². The molecule has 0 aliphatic heterocycles. The summed E-state index contributed by atoms with van der Waals surface area (Å²) in [5, 5.41) is 0. The van der Waals surface area contributed by atoms with E-state index in [1.807, 2.05) is 83.8 Å². The maximum absolute atomic E-state index is 13.5. The molecular weight excluding hydrogens is 463 g/mol. The molecule has 188 valence electrons. The average Bonchev–Trinajstić information content (AvgIpc) is 2.95. The summed E-state index contributed by atoms with van der Waals surface area (Å²) in [5.74, 6) is -0.628. The highest BCUT2D eigenvalue weighted by Crippen LogP contribution is 2.14. The van der Waals surface area contributed by atoms with Gasteiger partial charge in [0.15, 0.2) is 0 Å². The Hall–Kier alpha value is -4.25. The van der Waals surface area contributed by atoms with E-state index in [4.69, 9.17) is 0 Å². The lowest BCUT2D eigenvalue weighted by atomic mass is 10.1. The van der Waals surface area contributed by atoms with Gasteiger partial charge in [-0.2, -0.15) is 0 Å². The highest BCUT2D eigenvalue weighted by Gasteiger charge is 2.20. The maximum Gasteiger partial charge on any atom is 0.254 e. The summed E-state index contributed by atoms with van der Waals surface area (Å²) in [5.41, 5.74) is 3.60. The molecule has 4 aromatic carbocycles. The Labute approximate surface area is 218 Å². The van der Waals surface area contributed by atoms with Gasteiger partial charge in [0.25, 0.3) is 5.91 Å². The molecule has 4 nitrogen and oxygen atoms in total. The van der Waals surface area contributed by atoms with Crippen LogP contribution in [0.2, 0.25) is 0 Å². The molecule has 0 atom stereocenters. The fourth-order valence-corrected chi connectivity index (χ4v) is 4.22. The van der Waals surface area contributed by atoms with E-state index in [1.165, 1.54) is 29.8 Å². The van der Waals surface area contributed by atoms with Gasteiger partial charge in [0, 0.05) is 38.2 Å². The van der Waals surface area contributed by atoms with Gasteiger partial charge >= 0.3 is 0 Å². The average molecular weight is 495 g/mol. The van der Waals surface area contributed by atoms with Crippen molar-refractivity contribution in [2.24, 2.45) is 0 Å². The Morgan fingerprint density at radius 3 is 1.59 bits per heavy atom. The van der Waals surface area contributed by atoms with Gasteiger partial charge in [0.1, 0.15) is 5.82 Å². The largest absolute Gasteiger partial charge is 0.338 e. The van der Waals surface area contributed by atoms with Crippen LogP contribution in [0.5, 0.6) is 0 Å². The first-order valence-electron chi connectivity index (χ1n) is 12.5. The topological polar surface area (TPSA) is 40.6 Å². The first-order valence-corrected chi connectivity index (χ1v) is 12.5. The first-order chi connectivity index (χ1) is 18.1. The van der Waals surface area contributed by atoms with Crippen LogP contribution in [0.3, 0.4) is 0 Å². The molecule has 0 saturated carbocycles. The number of hydrogen-bond donors (Lipinski definition) is 0. The SMILES string of the molecule is O=C(CCN(Cc1ccccc1)C(=O)c1ccc(F)cc1)N(CCc1ccccc1)Cc1ccccc1. The molecule has 0 saturated heterocycles. The monoisotopic (exact) mass is 494 g/mol. The van der Waals surface area contributed by atoms with Gasteiger partial charge in [-0.15, -0.1) is 0 Å². The molecule has 37 heavy (non-hydrogen) atoms. The number of benzene rings is 4. The van der Waals surface area contributed by atoms with Crippen LogP contribution in [0.25, 0.3) is 0 Å². The molecule has 0 heterocycles. The second kappa shape index (κ2) is 13.2. The summed E-state index contributed by atoms with van der Waals surface area (Å²) in [7, 11) is 0. The van der Waals surface area contributed by atoms with Crippen molar-refractivity contribution in [1.29, 1.82) is 0 Å². The van der Waals surface area contributed by atoms with Crippen molar-refractivity contribution in [3.63, 3.8) is 0 Å². The zero-order valence-corrected chi connectivity index (χ0v) is 20.8. The molecule has 4 aromatic rings. The van der Waals surface area contributed by atoms with Crippen LogP contribution in [0.4, 0.5) is 4.39 Å². The van der Waals surface area contributed by atoms with Crippen LogP contribution >= 0.6 is 0 Å². The Morgan fingerprint density at radius 2 is 1.05 bits per heavy atom. The van der Waals surface area contributed by atoms with Crippen molar-refractivity contribution in [2.75, 3.05) is 13.1 Å². The van der Waals surface area contributed by atoms with Crippen molar-refractivity contribution < 1.29 is 14.0 Å². The number of amides is 2. The van der Waals surface area contributed by atoms with Gasteiger partial charge in [-0.1, -0.05) is 91.0 Å². The van der Waals surface area contributed by atoms with Crippen molar-refractivity contribution in [3.05, 3.63) is 143 Å². The zero-order chi connectivity index (χ0) is 25.9. The van der Waals surface area contributed by atoms with Gasteiger partial charge in [-0.3, -0.25) is 9.59 Å². The van der Waals surface area contributed by atoms with Crippen molar-refractivity contribution >= 4 is 11.8 Å². The van der Waals surface area contributed by atoms with E-state index >= 15 is 0 Å². The standard InChI is InChI=1S/C32H31FN2O2/c33-30-18-16-29(17-19-30)32(37)35(25-28-14-8-3-9-15-28)23-21-31(36)34(24-27-12-6-2-7-13-27)22-20-26-10-4-1-5-11-26/h1-19H,20-25H2. The summed E-state index contributed by atoms with van der Waals surface area (Å²) in [4.78, 5) is 30.3. The maximum atomic E-state index is 13.5. The van der Waals surface area contributed by atoms with E-state index in [-0.39, 0.29) is 24.8 Å². The third-order valence-electron chi connectivity index (χ3n) is 6.27. The van der Waals surface area contributed by atoms with Gasteiger partial charge in [0.05, 0.1) is 0 Å². The fraction of sp³-hybridized carbons (Fsp3) is 0.188. The molecule has 2 amide bonds. The number of nitrogens with zero attached hydrogens (tertiary/aromatic N) is 2. The molecule has 0 aromatic heterocycles. The predicted molar refractivity (Wildman–Crippen MR) is 144 cm³/mol. The Bertz CT molecular complexity index is 1260. The second-order valence-corrected chi connectivity index (χ2v) is 9.01. The lowest BCUT2D eigenvalue weighted by Crippen LogP contribution is -2.37. The molecule has 0 N–H and O–H groups in total. The molecule has 0 aliphatic carbocycles. The van der Waals surface area contributed by atoms with E-state index in [9.17, 15) is 14.0 Å². The Kier molecular flexibility index (Phi) is 9.19. The number of carbonyl (C=O) groups is 2. The lowest BCUT2D eigenvalue weighted by Gasteiger charge is -2.27. The normalized spacial score (nSPS) is 10.6. The predicted octanol–water partition coefficient (Wildman–Crippen LogP) is 6.13. The van der Waals surface area contributed by atoms with E-state index < -0.39 is 5.82 Å². The molecule has 0 aliphatic rings. The molecule has 0 radical (unpaired) electrons. The van der Waals surface area contributed by atoms with Gasteiger partial charge in [-0.25, -0.2) is 4.39 Å². The molecule has 0 spiro atoms. The fourth-order valence-electron chi connectivity index (χ4n) is 4.22. The highest BCUT2D eigenvalue weighted by molar-refractivity contribution is 5.94. The zero-order valence-electron chi connectivity index (χ0n) is 20.8. The number of carbonyl (C=O) groups excluding carboxylic acids is 2. The Morgan fingerprint density at radius 1 is 0.568 bits per heavy atom. The van der Waals surface area contributed by atoms with E-state index in [2.05, 4.69) is 12.1 Å². The summed E-state index contributed by atoms with van der Waals surface area (Å²) in [6.07, 6.45) is 0.947. The quantitative estimate of drug-likeness (QED) is 0.252. The third kappa shape index (κ3) is 7.87. The van der Waals surface area contributed by atoms with Gasteiger partial charge < -0.3 is 9.80 Å². The minimum Gasteiger partial charge on any atom is -0.338 e. The van der Waals surface area contributed by atoms with E-state index in [1.54, 1.807) is 4.90 Å². The highest BCUT2D eigenvalue weighted by atomic mass is 19.1. The van der Waals surface area contributed by atoms with Crippen LogP contribution in [0, 0.1) is 5.82 Å². The summed E-state index contributed by atoms with van der Waals surface area (Å²) >= 11 is 0. The summed E-state index contributed by atoms with van der Waals surface area (Å²) < 4.78 is 13.4. The Balaban J connectivity index is 1.48. The van der Waals surface area contributed by atoms with Crippen LogP contribution in [-0.4, -0.2) is 34.7 Å². The second-order valence-electron chi connectivity index (χ2n) is 9.01. The summed E-state index contributed by atoms with van der Waals surface area (Å²) in [6, 6.07) is 35.3. The number of rotatable bonds is 11. The molecule has 0 fully saturated rings. The molecule has 5 heteroatoms. The molecule has 0 bridgehead atoms.